The largest absolute Gasteiger partial charge is 0.452 e. The van der Waals surface area contributed by atoms with Crippen molar-refractivity contribution in [1.29, 1.82) is 0 Å². The van der Waals surface area contributed by atoms with Crippen LogP contribution in [0, 0.1) is 0 Å². The second kappa shape index (κ2) is 7.97. The van der Waals surface area contributed by atoms with Crippen molar-refractivity contribution in [1.82, 2.24) is 9.21 Å². The number of benzene rings is 1. The molecule has 0 aromatic heterocycles. The van der Waals surface area contributed by atoms with Crippen LogP contribution in [0.2, 0.25) is 0 Å². The quantitative estimate of drug-likeness (QED) is 0.736. The first kappa shape index (κ1) is 19.4. The summed E-state index contributed by atoms with van der Waals surface area (Å²) in [5, 5.41) is 0. The highest BCUT2D eigenvalue weighted by molar-refractivity contribution is 7.89. The van der Waals surface area contributed by atoms with E-state index in [1.54, 1.807) is 14.1 Å². The summed E-state index contributed by atoms with van der Waals surface area (Å²) >= 11 is 0. The van der Waals surface area contributed by atoms with E-state index in [9.17, 15) is 18.0 Å². The first-order valence-corrected chi connectivity index (χ1v) is 9.66. The molecule has 0 spiro atoms. The molecular weight excluding hydrogens is 344 g/mol. The maximum atomic E-state index is 12.7. The Bertz CT molecular complexity index is 728. The zero-order valence-electron chi connectivity index (χ0n) is 14.8. The van der Waals surface area contributed by atoms with Gasteiger partial charge in [-0.05, 0) is 44.0 Å². The molecule has 138 valence electrons. The van der Waals surface area contributed by atoms with E-state index in [1.807, 2.05) is 6.92 Å². The van der Waals surface area contributed by atoms with E-state index in [2.05, 4.69) is 0 Å². The van der Waals surface area contributed by atoms with Crippen molar-refractivity contribution in [3.05, 3.63) is 29.8 Å². The van der Waals surface area contributed by atoms with Crippen molar-refractivity contribution in [3.63, 3.8) is 0 Å². The van der Waals surface area contributed by atoms with Crippen LogP contribution < -0.4 is 0 Å². The minimum atomic E-state index is -3.57. The molecule has 1 heterocycles. The lowest BCUT2D eigenvalue weighted by atomic mass is 10.1. The van der Waals surface area contributed by atoms with Crippen LogP contribution in [0.25, 0.3) is 0 Å². The van der Waals surface area contributed by atoms with Gasteiger partial charge in [0, 0.05) is 26.7 Å². The van der Waals surface area contributed by atoms with Gasteiger partial charge in [-0.1, -0.05) is 6.42 Å². The summed E-state index contributed by atoms with van der Waals surface area (Å²) in [5.41, 5.74) is 0.206. The fourth-order valence-electron chi connectivity index (χ4n) is 2.67. The Balaban J connectivity index is 2.08. The molecule has 1 aromatic carbocycles. The van der Waals surface area contributed by atoms with Gasteiger partial charge < -0.3 is 9.64 Å². The molecule has 1 aromatic rings. The summed E-state index contributed by atoms with van der Waals surface area (Å²) in [6.07, 6.45) is 2.74. The highest BCUT2D eigenvalue weighted by Gasteiger charge is 2.30. The van der Waals surface area contributed by atoms with E-state index >= 15 is 0 Å². The average Bonchev–Trinajstić information content (AvgIpc) is 2.59. The standard InChI is InChI=1S/C17H24N2O5S/c1-13-6-4-5-11-19(13)25(22,23)15-9-7-14(8-10-15)17(21)24-12-16(20)18(2)3/h7-10,13H,4-6,11-12H2,1-3H3/t13-/m0/s1. The third-order valence-corrected chi connectivity index (χ3v) is 6.29. The van der Waals surface area contributed by atoms with Crippen LogP contribution in [0.3, 0.4) is 0 Å². The van der Waals surface area contributed by atoms with E-state index in [1.165, 1.54) is 33.5 Å². The van der Waals surface area contributed by atoms with Crippen LogP contribution in [0.4, 0.5) is 0 Å². The lowest BCUT2D eigenvalue weighted by Crippen LogP contribution is -2.41. The number of carbonyl (C=O) groups excluding carboxylic acids is 2. The third-order valence-electron chi connectivity index (χ3n) is 4.26. The molecule has 1 atom stereocenters. The van der Waals surface area contributed by atoms with Gasteiger partial charge in [0.15, 0.2) is 6.61 Å². The second-order valence-corrected chi connectivity index (χ2v) is 8.24. The minimum Gasteiger partial charge on any atom is -0.452 e. The van der Waals surface area contributed by atoms with Crippen LogP contribution in [-0.2, 0) is 19.6 Å². The van der Waals surface area contributed by atoms with Crippen molar-refractivity contribution < 1.29 is 22.7 Å². The number of amides is 1. The molecule has 25 heavy (non-hydrogen) atoms. The van der Waals surface area contributed by atoms with E-state index in [0.29, 0.717) is 6.54 Å². The first-order valence-electron chi connectivity index (χ1n) is 8.22. The van der Waals surface area contributed by atoms with Gasteiger partial charge in [-0.25, -0.2) is 13.2 Å². The van der Waals surface area contributed by atoms with Crippen LogP contribution in [0.15, 0.2) is 29.2 Å². The van der Waals surface area contributed by atoms with Gasteiger partial charge in [0.05, 0.1) is 10.5 Å². The molecule has 1 amide bonds. The Hall–Kier alpha value is -1.93. The number of esters is 1. The molecule has 1 aliphatic heterocycles. The summed E-state index contributed by atoms with van der Waals surface area (Å²) in [6.45, 7) is 2.07. The second-order valence-electron chi connectivity index (χ2n) is 6.35. The predicted octanol–water partition coefficient (Wildman–Crippen LogP) is 1.49. The number of nitrogens with zero attached hydrogens (tertiary/aromatic N) is 2. The number of hydrogen-bond acceptors (Lipinski definition) is 5. The van der Waals surface area contributed by atoms with Gasteiger partial charge in [-0.3, -0.25) is 4.79 Å². The number of rotatable bonds is 5. The van der Waals surface area contributed by atoms with Gasteiger partial charge in [0.1, 0.15) is 0 Å². The smallest absolute Gasteiger partial charge is 0.338 e. The van der Waals surface area contributed by atoms with Gasteiger partial charge >= 0.3 is 5.97 Å². The van der Waals surface area contributed by atoms with Crippen LogP contribution >= 0.6 is 0 Å². The molecular formula is C17H24N2O5S. The monoisotopic (exact) mass is 368 g/mol. The van der Waals surface area contributed by atoms with Crippen LogP contribution in [0.5, 0.6) is 0 Å². The molecule has 1 fully saturated rings. The Morgan fingerprint density at radius 2 is 1.84 bits per heavy atom. The zero-order chi connectivity index (χ0) is 18.6. The molecule has 8 heteroatoms. The summed E-state index contributed by atoms with van der Waals surface area (Å²) in [4.78, 5) is 24.8. The van der Waals surface area contributed by atoms with Crippen molar-refractivity contribution in [2.24, 2.45) is 0 Å². The Morgan fingerprint density at radius 3 is 2.40 bits per heavy atom. The van der Waals surface area contributed by atoms with Gasteiger partial charge in [-0.15, -0.1) is 0 Å². The maximum Gasteiger partial charge on any atom is 0.338 e. The van der Waals surface area contributed by atoms with Gasteiger partial charge in [-0.2, -0.15) is 4.31 Å². The number of hydrogen-bond donors (Lipinski definition) is 0. The van der Waals surface area contributed by atoms with Crippen molar-refractivity contribution >= 4 is 21.9 Å². The number of ether oxygens (including phenoxy) is 1. The molecule has 2 rings (SSSR count). The predicted molar refractivity (Wildman–Crippen MR) is 92.6 cm³/mol. The summed E-state index contributed by atoms with van der Waals surface area (Å²) < 4.78 is 31.9. The third kappa shape index (κ3) is 4.58. The Kier molecular flexibility index (Phi) is 6.18. The average molecular weight is 368 g/mol. The van der Waals surface area contributed by atoms with Crippen LogP contribution in [-0.4, -0.2) is 62.8 Å². The summed E-state index contributed by atoms with van der Waals surface area (Å²) in [7, 11) is -0.436. The van der Waals surface area contributed by atoms with Crippen LogP contribution in [0.1, 0.15) is 36.5 Å². The van der Waals surface area contributed by atoms with Gasteiger partial charge in [0.2, 0.25) is 10.0 Å². The number of sulfonamides is 1. The molecule has 1 aliphatic rings. The molecule has 0 aliphatic carbocycles. The fraction of sp³-hybridized carbons (Fsp3) is 0.529. The number of piperidine rings is 1. The number of likely N-dealkylation sites (N-methyl/N-ethyl adjacent to an activating group) is 1. The van der Waals surface area contributed by atoms with E-state index in [-0.39, 0.29) is 29.0 Å². The molecule has 7 nitrogen and oxygen atoms in total. The lowest BCUT2D eigenvalue weighted by molar-refractivity contribution is -0.131. The highest BCUT2D eigenvalue weighted by atomic mass is 32.2. The van der Waals surface area contributed by atoms with Crippen molar-refractivity contribution in [2.75, 3.05) is 27.2 Å². The molecule has 1 saturated heterocycles. The lowest BCUT2D eigenvalue weighted by Gasteiger charge is -2.32. The topological polar surface area (TPSA) is 84.0 Å². The van der Waals surface area contributed by atoms with E-state index < -0.39 is 16.0 Å². The maximum absolute atomic E-state index is 12.7. The van der Waals surface area contributed by atoms with E-state index in [0.717, 1.165) is 19.3 Å². The van der Waals surface area contributed by atoms with E-state index in [4.69, 9.17) is 4.74 Å². The minimum absolute atomic E-state index is 0.0274. The highest BCUT2D eigenvalue weighted by Crippen LogP contribution is 2.25. The molecule has 0 radical (unpaired) electrons. The molecule has 0 N–H and O–H groups in total. The Labute approximate surface area is 148 Å². The summed E-state index contributed by atoms with van der Waals surface area (Å²) in [6, 6.07) is 5.59. The molecule has 0 saturated carbocycles. The van der Waals surface area contributed by atoms with Crippen molar-refractivity contribution in [3.8, 4) is 0 Å². The molecule has 0 unspecified atom stereocenters. The first-order chi connectivity index (χ1) is 11.7. The summed E-state index contributed by atoms with van der Waals surface area (Å²) in [5.74, 6) is -0.989. The van der Waals surface area contributed by atoms with Crippen molar-refractivity contribution in [2.45, 2.75) is 37.1 Å². The SMILES string of the molecule is C[C@H]1CCCCN1S(=O)(=O)c1ccc(C(=O)OCC(=O)N(C)C)cc1. The normalized spacial score (nSPS) is 18.6. The number of carbonyl (C=O) groups is 2. The fourth-order valence-corrected chi connectivity index (χ4v) is 4.37. The zero-order valence-corrected chi connectivity index (χ0v) is 15.6. The van der Waals surface area contributed by atoms with Gasteiger partial charge in [0.25, 0.3) is 5.91 Å². The molecule has 0 bridgehead atoms. The Morgan fingerprint density at radius 1 is 1.20 bits per heavy atom.